The molecule has 0 aromatic rings. The van der Waals surface area contributed by atoms with E-state index in [2.05, 4.69) is 20.8 Å². The lowest BCUT2D eigenvalue weighted by atomic mass is 9.93. The molecular formula is C16H31O. The van der Waals surface area contributed by atoms with E-state index in [1.807, 2.05) is 0 Å². The van der Waals surface area contributed by atoms with Crippen LogP contribution in [0, 0.1) is 18.4 Å². The van der Waals surface area contributed by atoms with Crippen LogP contribution in [0.2, 0.25) is 0 Å². The highest BCUT2D eigenvalue weighted by Gasteiger charge is 2.06. The van der Waals surface area contributed by atoms with E-state index in [0.29, 0.717) is 6.10 Å². The maximum Gasteiger partial charge on any atom is 0.0543 e. The highest BCUT2D eigenvalue weighted by Crippen LogP contribution is 2.19. The quantitative estimate of drug-likeness (QED) is 0.492. The van der Waals surface area contributed by atoms with Gasteiger partial charge in [-0.2, -0.15) is 0 Å². The van der Waals surface area contributed by atoms with Crippen molar-refractivity contribution < 1.29 is 4.74 Å². The summed E-state index contributed by atoms with van der Waals surface area (Å²) in [5, 5.41) is 0. The van der Waals surface area contributed by atoms with Crippen molar-refractivity contribution in [2.75, 3.05) is 7.11 Å². The average molecular weight is 239 g/mol. The Morgan fingerprint density at radius 3 is 2.00 bits per heavy atom. The maximum absolute atomic E-state index is 5.43. The van der Waals surface area contributed by atoms with E-state index in [-0.39, 0.29) is 0 Å². The van der Waals surface area contributed by atoms with Crippen molar-refractivity contribution in [2.24, 2.45) is 11.8 Å². The first-order valence-corrected chi connectivity index (χ1v) is 7.16. The highest BCUT2D eigenvalue weighted by atomic mass is 16.5. The number of hydrogen-bond acceptors (Lipinski definition) is 1. The van der Waals surface area contributed by atoms with Crippen molar-refractivity contribution >= 4 is 0 Å². The summed E-state index contributed by atoms with van der Waals surface area (Å²) in [6.07, 6.45) is 11.1. The van der Waals surface area contributed by atoms with E-state index < -0.39 is 0 Å². The van der Waals surface area contributed by atoms with E-state index in [0.717, 1.165) is 18.3 Å². The lowest BCUT2D eigenvalue weighted by Gasteiger charge is -2.14. The van der Waals surface area contributed by atoms with Crippen molar-refractivity contribution in [1.82, 2.24) is 0 Å². The van der Waals surface area contributed by atoms with Gasteiger partial charge < -0.3 is 4.74 Å². The second-order valence-corrected chi connectivity index (χ2v) is 5.59. The van der Waals surface area contributed by atoms with Crippen molar-refractivity contribution in [3.63, 3.8) is 0 Å². The molecule has 0 N–H and O–H groups in total. The van der Waals surface area contributed by atoms with Crippen LogP contribution in [0.25, 0.3) is 0 Å². The van der Waals surface area contributed by atoms with Crippen LogP contribution in [0.15, 0.2) is 6.08 Å². The average Bonchev–Trinajstić information content (AvgIpc) is 2.29. The van der Waals surface area contributed by atoms with Gasteiger partial charge in [0.25, 0.3) is 0 Å². The van der Waals surface area contributed by atoms with Crippen molar-refractivity contribution in [1.29, 1.82) is 0 Å². The molecule has 0 aliphatic heterocycles. The molecule has 0 aromatic heterocycles. The summed E-state index contributed by atoms with van der Waals surface area (Å²) in [5.74, 6) is 1.61. The molecule has 0 aliphatic rings. The first-order valence-electron chi connectivity index (χ1n) is 7.16. The van der Waals surface area contributed by atoms with E-state index >= 15 is 0 Å². The van der Waals surface area contributed by atoms with Crippen molar-refractivity contribution in [3.05, 3.63) is 12.7 Å². The van der Waals surface area contributed by atoms with Gasteiger partial charge in [-0.1, -0.05) is 58.6 Å². The standard InChI is InChI=1S/C16H31O/c1-6-9-14(2)10-7-11-15(3)12-8-13-16(4)17-5/h1,6,14-16H,7-13H2,2-5H3. The Kier molecular flexibility index (Phi) is 10.6. The molecule has 3 atom stereocenters. The molecule has 1 radical (unpaired) electrons. The monoisotopic (exact) mass is 239 g/mol. The number of ether oxygens (including phenoxy) is 1. The molecule has 0 spiro atoms. The number of allylic oxidation sites excluding steroid dienone is 1. The van der Waals surface area contributed by atoms with Crippen molar-refractivity contribution in [3.8, 4) is 0 Å². The molecule has 0 fully saturated rings. The van der Waals surface area contributed by atoms with Crippen LogP contribution in [-0.4, -0.2) is 13.2 Å². The Bertz CT molecular complexity index is 176. The Morgan fingerprint density at radius 2 is 1.47 bits per heavy atom. The van der Waals surface area contributed by atoms with Gasteiger partial charge in [-0.15, -0.1) is 0 Å². The third-order valence-corrected chi connectivity index (χ3v) is 3.64. The summed E-state index contributed by atoms with van der Waals surface area (Å²) < 4.78 is 5.26. The summed E-state index contributed by atoms with van der Waals surface area (Å²) in [6, 6.07) is 0. The zero-order valence-electron chi connectivity index (χ0n) is 12.2. The molecule has 0 heterocycles. The fourth-order valence-electron chi connectivity index (χ4n) is 2.18. The molecule has 17 heavy (non-hydrogen) atoms. The number of methoxy groups -OCH3 is 1. The van der Waals surface area contributed by atoms with Gasteiger partial charge in [-0.3, -0.25) is 0 Å². The summed E-state index contributed by atoms with van der Waals surface area (Å²) in [6.45, 7) is 12.2. The van der Waals surface area contributed by atoms with Gasteiger partial charge >= 0.3 is 0 Å². The van der Waals surface area contributed by atoms with E-state index in [1.165, 1.54) is 38.5 Å². The normalized spacial score (nSPS) is 16.5. The van der Waals surface area contributed by atoms with Crippen LogP contribution in [0.4, 0.5) is 0 Å². The molecule has 3 unspecified atom stereocenters. The minimum Gasteiger partial charge on any atom is -0.382 e. The summed E-state index contributed by atoms with van der Waals surface area (Å²) in [4.78, 5) is 0. The van der Waals surface area contributed by atoms with Gasteiger partial charge in [0.1, 0.15) is 0 Å². The Hall–Kier alpha value is -0.300. The SMILES string of the molecule is [CH]=CCC(C)CCCC(C)CCCC(C)OC. The Labute approximate surface area is 109 Å². The van der Waals surface area contributed by atoms with Gasteiger partial charge in [0.15, 0.2) is 0 Å². The zero-order valence-corrected chi connectivity index (χ0v) is 12.2. The molecule has 0 rings (SSSR count). The molecule has 0 saturated heterocycles. The summed E-state index contributed by atoms with van der Waals surface area (Å²) in [5.41, 5.74) is 0. The van der Waals surface area contributed by atoms with Crippen LogP contribution in [0.5, 0.6) is 0 Å². The van der Waals surface area contributed by atoms with Crippen LogP contribution in [0.1, 0.15) is 65.7 Å². The third-order valence-electron chi connectivity index (χ3n) is 3.64. The van der Waals surface area contributed by atoms with Gasteiger partial charge in [0.2, 0.25) is 0 Å². The molecule has 0 aromatic carbocycles. The first kappa shape index (κ1) is 16.7. The zero-order chi connectivity index (χ0) is 13.1. The largest absolute Gasteiger partial charge is 0.382 e. The maximum atomic E-state index is 5.43. The molecule has 1 nitrogen and oxygen atoms in total. The van der Waals surface area contributed by atoms with E-state index in [9.17, 15) is 0 Å². The minimum atomic E-state index is 0.419. The summed E-state index contributed by atoms with van der Waals surface area (Å²) in [7, 11) is 1.80. The predicted molar refractivity (Wildman–Crippen MR) is 76.0 cm³/mol. The van der Waals surface area contributed by atoms with Crippen molar-refractivity contribution in [2.45, 2.75) is 71.8 Å². The molecule has 1 heteroatoms. The van der Waals surface area contributed by atoms with Crippen LogP contribution in [-0.2, 0) is 4.74 Å². The van der Waals surface area contributed by atoms with Crippen LogP contribution in [0.3, 0.4) is 0 Å². The summed E-state index contributed by atoms with van der Waals surface area (Å²) >= 11 is 0. The van der Waals surface area contributed by atoms with Crippen LogP contribution < -0.4 is 0 Å². The molecule has 101 valence electrons. The number of hydrogen-bond donors (Lipinski definition) is 0. The van der Waals surface area contributed by atoms with E-state index in [4.69, 9.17) is 11.3 Å². The van der Waals surface area contributed by atoms with Gasteiger partial charge in [0.05, 0.1) is 6.10 Å². The molecule has 0 aliphatic carbocycles. The minimum absolute atomic E-state index is 0.419. The van der Waals surface area contributed by atoms with Gasteiger partial charge in [-0.05, 0) is 31.6 Å². The lowest BCUT2D eigenvalue weighted by Crippen LogP contribution is -2.05. The third kappa shape index (κ3) is 10.6. The predicted octanol–water partition coefficient (Wildman–Crippen LogP) is 5.01. The fraction of sp³-hybridized carbons (Fsp3) is 0.875. The molecular weight excluding hydrogens is 208 g/mol. The van der Waals surface area contributed by atoms with E-state index in [1.54, 1.807) is 13.2 Å². The van der Waals surface area contributed by atoms with Crippen LogP contribution >= 0.6 is 0 Å². The smallest absolute Gasteiger partial charge is 0.0543 e. The fourth-order valence-corrected chi connectivity index (χ4v) is 2.18. The second kappa shape index (κ2) is 10.8. The van der Waals surface area contributed by atoms with Gasteiger partial charge in [-0.25, -0.2) is 0 Å². The first-order chi connectivity index (χ1) is 8.10. The Balaban J connectivity index is 3.40. The van der Waals surface area contributed by atoms with Gasteiger partial charge in [0, 0.05) is 7.11 Å². The topological polar surface area (TPSA) is 9.23 Å². The molecule has 0 amide bonds. The highest BCUT2D eigenvalue weighted by molar-refractivity contribution is 4.68. The molecule has 0 saturated carbocycles. The number of rotatable bonds is 11. The lowest BCUT2D eigenvalue weighted by molar-refractivity contribution is 0.107. The second-order valence-electron chi connectivity index (χ2n) is 5.59. The molecule has 0 bridgehead atoms. The Morgan fingerprint density at radius 1 is 0.941 bits per heavy atom.